The number of oxazole rings is 1. The quantitative estimate of drug-likeness (QED) is 0.844. The van der Waals surface area contributed by atoms with Crippen molar-refractivity contribution in [3.05, 3.63) is 53.5 Å². The average Bonchev–Trinajstić information content (AvgIpc) is 2.84. The molecule has 0 bridgehead atoms. The molecule has 1 amide bonds. The first kappa shape index (κ1) is 14.4. The van der Waals surface area contributed by atoms with Crippen molar-refractivity contribution in [3.63, 3.8) is 0 Å². The van der Waals surface area contributed by atoms with Gasteiger partial charge in [0.1, 0.15) is 5.82 Å². The van der Waals surface area contributed by atoms with Gasteiger partial charge in [0.2, 0.25) is 5.76 Å². The lowest BCUT2D eigenvalue weighted by Crippen LogP contribution is -2.12. The van der Waals surface area contributed by atoms with Gasteiger partial charge in [-0.05, 0) is 31.2 Å². The summed E-state index contributed by atoms with van der Waals surface area (Å²) in [6.07, 6.45) is 3.10. The lowest BCUT2D eigenvalue weighted by Gasteiger charge is -2.05. The summed E-state index contributed by atoms with van der Waals surface area (Å²) in [6.45, 7) is 1.61. The molecule has 0 aliphatic rings. The Labute approximate surface area is 118 Å². The summed E-state index contributed by atoms with van der Waals surface area (Å²) in [7, 11) is 0. The van der Waals surface area contributed by atoms with Gasteiger partial charge >= 0.3 is 5.97 Å². The Balaban J connectivity index is 2.15. The van der Waals surface area contributed by atoms with Crippen molar-refractivity contribution in [2.24, 2.45) is 0 Å². The Morgan fingerprint density at radius 2 is 2.19 bits per heavy atom. The van der Waals surface area contributed by atoms with Crippen molar-refractivity contribution >= 4 is 23.6 Å². The average molecular weight is 290 g/mol. The van der Waals surface area contributed by atoms with Crippen LogP contribution in [0.2, 0.25) is 0 Å². The molecular weight excluding hydrogens is 279 g/mol. The van der Waals surface area contributed by atoms with E-state index in [1.54, 1.807) is 6.92 Å². The molecule has 2 N–H and O–H groups in total. The van der Waals surface area contributed by atoms with E-state index in [-0.39, 0.29) is 17.0 Å². The lowest BCUT2D eigenvalue weighted by atomic mass is 10.1. The molecule has 1 heterocycles. The number of amides is 1. The maximum absolute atomic E-state index is 13.7. The predicted molar refractivity (Wildman–Crippen MR) is 72.3 cm³/mol. The van der Waals surface area contributed by atoms with Gasteiger partial charge in [-0.3, -0.25) is 4.79 Å². The molecule has 108 valence electrons. The Morgan fingerprint density at radius 3 is 2.76 bits per heavy atom. The fourth-order valence-electron chi connectivity index (χ4n) is 1.61. The summed E-state index contributed by atoms with van der Waals surface area (Å²) in [4.78, 5) is 26.0. The Bertz CT molecular complexity index is 722. The third-order valence-corrected chi connectivity index (χ3v) is 2.62. The van der Waals surface area contributed by atoms with E-state index in [1.807, 2.05) is 0 Å². The highest BCUT2D eigenvalue weighted by Crippen LogP contribution is 2.17. The number of hydrogen-bond acceptors (Lipinski definition) is 4. The standard InChI is InChI=1S/C14H11FN2O4/c1-8-13(21-7-16-8)14(20)17-10-4-2-9(11(15)6-10)3-5-12(18)19/h2-7H,1H3,(H,17,20)(H,18,19)/b5-3+. The van der Waals surface area contributed by atoms with Crippen LogP contribution < -0.4 is 5.32 Å². The van der Waals surface area contributed by atoms with Crippen molar-refractivity contribution in [1.82, 2.24) is 4.98 Å². The molecule has 0 atom stereocenters. The molecule has 0 fully saturated rings. The number of benzene rings is 1. The molecule has 0 radical (unpaired) electrons. The molecule has 2 rings (SSSR count). The van der Waals surface area contributed by atoms with E-state index >= 15 is 0 Å². The second-order valence-electron chi connectivity index (χ2n) is 4.13. The van der Waals surface area contributed by atoms with E-state index in [9.17, 15) is 14.0 Å². The first-order chi connectivity index (χ1) is 9.97. The summed E-state index contributed by atoms with van der Waals surface area (Å²) in [6, 6.07) is 3.90. The number of nitrogens with one attached hydrogen (secondary N) is 1. The molecule has 21 heavy (non-hydrogen) atoms. The monoisotopic (exact) mass is 290 g/mol. The molecule has 6 nitrogen and oxygen atoms in total. The number of nitrogens with zero attached hydrogens (tertiary/aromatic N) is 1. The van der Waals surface area contributed by atoms with Gasteiger partial charge in [0.15, 0.2) is 6.39 Å². The number of carbonyl (C=O) groups is 2. The molecule has 0 unspecified atom stereocenters. The van der Waals surface area contributed by atoms with Crippen molar-refractivity contribution < 1.29 is 23.5 Å². The fourth-order valence-corrected chi connectivity index (χ4v) is 1.61. The van der Waals surface area contributed by atoms with E-state index in [4.69, 9.17) is 9.52 Å². The number of anilines is 1. The van der Waals surface area contributed by atoms with Gasteiger partial charge in [-0.1, -0.05) is 0 Å². The topological polar surface area (TPSA) is 92.4 Å². The second kappa shape index (κ2) is 6.00. The highest BCUT2D eigenvalue weighted by atomic mass is 19.1. The molecule has 0 aliphatic heterocycles. The van der Waals surface area contributed by atoms with Crippen LogP contribution in [-0.2, 0) is 4.79 Å². The van der Waals surface area contributed by atoms with Gasteiger partial charge < -0.3 is 14.8 Å². The molecule has 2 aromatic rings. The summed E-state index contributed by atoms with van der Waals surface area (Å²) < 4.78 is 18.7. The molecule has 0 aliphatic carbocycles. The molecule has 1 aromatic heterocycles. The third kappa shape index (κ3) is 3.53. The van der Waals surface area contributed by atoms with Gasteiger partial charge in [-0.25, -0.2) is 14.2 Å². The van der Waals surface area contributed by atoms with Crippen LogP contribution in [0.15, 0.2) is 35.1 Å². The number of carbonyl (C=O) groups excluding carboxylic acids is 1. The van der Waals surface area contributed by atoms with Crippen LogP contribution in [0.1, 0.15) is 21.8 Å². The Morgan fingerprint density at radius 1 is 1.43 bits per heavy atom. The predicted octanol–water partition coefficient (Wildman–Crippen LogP) is 2.47. The van der Waals surface area contributed by atoms with E-state index in [0.29, 0.717) is 5.69 Å². The van der Waals surface area contributed by atoms with Crippen LogP contribution >= 0.6 is 0 Å². The molecule has 1 aromatic carbocycles. The van der Waals surface area contributed by atoms with Crippen molar-refractivity contribution in [1.29, 1.82) is 0 Å². The van der Waals surface area contributed by atoms with Gasteiger partial charge in [0.25, 0.3) is 5.91 Å². The van der Waals surface area contributed by atoms with Crippen LogP contribution in [-0.4, -0.2) is 22.0 Å². The number of aryl methyl sites for hydroxylation is 1. The van der Waals surface area contributed by atoms with Crippen LogP contribution in [0.4, 0.5) is 10.1 Å². The second-order valence-corrected chi connectivity index (χ2v) is 4.13. The number of carboxylic acids is 1. The van der Waals surface area contributed by atoms with Crippen LogP contribution in [0.5, 0.6) is 0 Å². The van der Waals surface area contributed by atoms with E-state index in [0.717, 1.165) is 24.6 Å². The van der Waals surface area contributed by atoms with E-state index < -0.39 is 17.7 Å². The van der Waals surface area contributed by atoms with Crippen molar-refractivity contribution in [2.75, 3.05) is 5.32 Å². The van der Waals surface area contributed by atoms with Gasteiger partial charge in [-0.2, -0.15) is 0 Å². The number of aromatic nitrogens is 1. The first-order valence-corrected chi connectivity index (χ1v) is 5.89. The van der Waals surface area contributed by atoms with Crippen LogP contribution in [0.25, 0.3) is 6.08 Å². The molecular formula is C14H11FN2O4. The fraction of sp³-hybridized carbons (Fsp3) is 0.0714. The molecule has 0 saturated carbocycles. The summed E-state index contributed by atoms with van der Waals surface area (Å²) >= 11 is 0. The minimum absolute atomic E-state index is 0.0465. The number of aliphatic carboxylic acids is 1. The maximum Gasteiger partial charge on any atom is 0.328 e. The summed E-state index contributed by atoms with van der Waals surface area (Å²) in [5.41, 5.74) is 0.751. The van der Waals surface area contributed by atoms with E-state index in [2.05, 4.69) is 10.3 Å². The largest absolute Gasteiger partial charge is 0.478 e. The Hall–Kier alpha value is -2.96. The molecule has 7 heteroatoms. The zero-order valence-corrected chi connectivity index (χ0v) is 11.0. The third-order valence-electron chi connectivity index (χ3n) is 2.62. The Kier molecular flexibility index (Phi) is 4.13. The van der Waals surface area contributed by atoms with E-state index in [1.165, 1.54) is 12.1 Å². The van der Waals surface area contributed by atoms with Crippen molar-refractivity contribution in [3.8, 4) is 0 Å². The number of hydrogen-bond donors (Lipinski definition) is 2. The zero-order valence-electron chi connectivity index (χ0n) is 11.0. The SMILES string of the molecule is Cc1ncoc1C(=O)Nc1ccc(/C=C/C(=O)O)c(F)c1. The highest BCUT2D eigenvalue weighted by Gasteiger charge is 2.14. The minimum Gasteiger partial charge on any atom is -0.478 e. The van der Waals surface area contributed by atoms with Gasteiger partial charge in [-0.15, -0.1) is 0 Å². The van der Waals surface area contributed by atoms with Crippen LogP contribution in [0.3, 0.4) is 0 Å². The summed E-state index contributed by atoms with van der Waals surface area (Å²) in [5.74, 6) is -2.32. The number of halogens is 1. The molecule has 0 saturated heterocycles. The smallest absolute Gasteiger partial charge is 0.328 e. The summed E-state index contributed by atoms with van der Waals surface area (Å²) in [5, 5.41) is 11.0. The normalized spacial score (nSPS) is 10.8. The number of rotatable bonds is 4. The van der Waals surface area contributed by atoms with Gasteiger partial charge in [0.05, 0.1) is 5.69 Å². The van der Waals surface area contributed by atoms with Crippen molar-refractivity contribution in [2.45, 2.75) is 6.92 Å². The first-order valence-electron chi connectivity index (χ1n) is 5.89. The van der Waals surface area contributed by atoms with Gasteiger partial charge in [0, 0.05) is 17.3 Å². The molecule has 0 spiro atoms. The highest BCUT2D eigenvalue weighted by molar-refractivity contribution is 6.02. The van der Waals surface area contributed by atoms with Crippen LogP contribution in [0, 0.1) is 12.7 Å². The zero-order chi connectivity index (χ0) is 15.4. The maximum atomic E-state index is 13.7. The lowest BCUT2D eigenvalue weighted by molar-refractivity contribution is -0.131. The number of carboxylic acid groups (broad SMARTS) is 1. The minimum atomic E-state index is -1.17.